The molecule has 0 fully saturated rings. The molecule has 13 heavy (non-hydrogen) atoms. The predicted molar refractivity (Wildman–Crippen MR) is 46.3 cm³/mol. The van der Waals surface area contributed by atoms with E-state index in [1.54, 1.807) is 0 Å². The fraction of sp³-hybridized carbons (Fsp3) is 0.500. The number of hydrogen-bond acceptors (Lipinski definition) is 7. The van der Waals surface area contributed by atoms with Crippen molar-refractivity contribution in [2.75, 3.05) is 12.3 Å². The van der Waals surface area contributed by atoms with Gasteiger partial charge in [0.05, 0.1) is 17.7 Å². The fourth-order valence-electron chi connectivity index (χ4n) is 0.902. The van der Waals surface area contributed by atoms with Crippen molar-refractivity contribution in [1.82, 2.24) is 10.4 Å². The summed E-state index contributed by atoms with van der Waals surface area (Å²) in [7, 11) is 0. The molecule has 0 saturated carbocycles. The van der Waals surface area contributed by atoms with E-state index in [2.05, 4.69) is 9.82 Å². The minimum atomic E-state index is -0.306. The Bertz CT molecular complexity index is 276. The largest absolute Gasteiger partial charge is 0.375 e. The van der Waals surface area contributed by atoms with Crippen LogP contribution in [0.15, 0.2) is 0 Å². The van der Waals surface area contributed by atoms with E-state index in [1.165, 1.54) is 11.3 Å². The van der Waals surface area contributed by atoms with Crippen molar-refractivity contribution in [3.05, 3.63) is 10.6 Å². The van der Waals surface area contributed by atoms with Gasteiger partial charge in [-0.2, -0.15) is 0 Å². The molecule has 1 rings (SSSR count). The maximum atomic E-state index is 8.23. The average molecular weight is 205 g/mol. The van der Waals surface area contributed by atoms with E-state index in [0.717, 1.165) is 10.6 Å². The molecule has 0 aliphatic heterocycles. The van der Waals surface area contributed by atoms with Gasteiger partial charge in [-0.3, -0.25) is 15.3 Å². The fourth-order valence-corrected chi connectivity index (χ4v) is 1.72. The summed E-state index contributed by atoms with van der Waals surface area (Å²) in [5, 5.41) is 16.7. The van der Waals surface area contributed by atoms with E-state index >= 15 is 0 Å². The molecule has 4 N–H and O–H groups in total. The highest BCUT2D eigenvalue weighted by molar-refractivity contribution is 7.15. The van der Waals surface area contributed by atoms with E-state index in [1.807, 2.05) is 6.92 Å². The second-order valence-corrected chi connectivity index (χ2v) is 3.51. The molecule has 1 aromatic rings. The van der Waals surface area contributed by atoms with E-state index in [-0.39, 0.29) is 12.0 Å². The van der Waals surface area contributed by atoms with Gasteiger partial charge in [0.25, 0.3) is 0 Å². The number of nitrogens with zero attached hydrogens (tertiary/aromatic N) is 2. The number of nitrogens with two attached hydrogens (primary N) is 1. The Morgan fingerprint density at radius 1 is 1.62 bits per heavy atom. The van der Waals surface area contributed by atoms with Crippen molar-refractivity contribution in [2.45, 2.75) is 13.3 Å². The summed E-state index contributed by atoms with van der Waals surface area (Å²) >= 11 is 1.37. The number of aryl methyl sites for hydroxylation is 1. The third-order valence-electron chi connectivity index (χ3n) is 1.45. The van der Waals surface area contributed by atoms with Crippen LogP contribution in [0.4, 0.5) is 5.13 Å². The average Bonchev–Trinajstić information content (AvgIpc) is 2.29. The first kappa shape index (κ1) is 10.4. The zero-order chi connectivity index (χ0) is 9.84. The molecule has 1 aromatic heterocycles. The van der Waals surface area contributed by atoms with Crippen LogP contribution < -0.4 is 5.73 Å². The lowest BCUT2D eigenvalue weighted by atomic mass is 10.3. The quantitative estimate of drug-likeness (QED) is 0.623. The van der Waals surface area contributed by atoms with Gasteiger partial charge in [0.2, 0.25) is 0 Å². The summed E-state index contributed by atoms with van der Waals surface area (Å²) in [5.74, 6) is 0. The molecule has 74 valence electrons. The van der Waals surface area contributed by atoms with E-state index in [4.69, 9.17) is 16.1 Å². The van der Waals surface area contributed by atoms with Crippen LogP contribution in [0.2, 0.25) is 0 Å². The molecule has 6 nitrogen and oxygen atoms in total. The first-order valence-electron chi connectivity index (χ1n) is 3.62. The smallest absolute Gasteiger partial charge is 0.180 e. The molecule has 0 aromatic carbocycles. The van der Waals surface area contributed by atoms with Gasteiger partial charge in [0.1, 0.15) is 0 Å². The number of thiazole rings is 1. The lowest BCUT2D eigenvalue weighted by Gasteiger charge is -2.04. The van der Waals surface area contributed by atoms with Crippen LogP contribution in [0.1, 0.15) is 10.6 Å². The highest BCUT2D eigenvalue weighted by atomic mass is 32.1. The molecule has 0 radical (unpaired) electrons. The van der Waals surface area contributed by atoms with Crippen molar-refractivity contribution in [2.24, 2.45) is 0 Å². The molecule has 0 amide bonds. The van der Waals surface area contributed by atoms with Crippen LogP contribution >= 0.6 is 11.3 Å². The number of anilines is 1. The van der Waals surface area contributed by atoms with E-state index in [0.29, 0.717) is 11.6 Å². The second kappa shape index (κ2) is 4.49. The molecular weight excluding hydrogens is 194 g/mol. The molecule has 0 aliphatic carbocycles. The molecule has 0 saturated heterocycles. The standard InChI is InChI=1S/C6H11N3O3S/c1-4-5(13-6(7)8-4)2-3-12-9(10)11/h10-11H,2-3H2,1H3,(H2,7,8). The first-order chi connectivity index (χ1) is 6.09. The van der Waals surface area contributed by atoms with Crippen LogP contribution in [-0.2, 0) is 11.3 Å². The lowest BCUT2D eigenvalue weighted by molar-refractivity contribution is -0.492. The van der Waals surface area contributed by atoms with Gasteiger partial charge in [-0.15, -0.1) is 11.3 Å². The highest BCUT2D eigenvalue weighted by Crippen LogP contribution is 2.19. The van der Waals surface area contributed by atoms with Crippen molar-refractivity contribution in [3.63, 3.8) is 0 Å². The topological polar surface area (TPSA) is 91.8 Å². The van der Waals surface area contributed by atoms with Gasteiger partial charge in [-0.25, -0.2) is 4.98 Å². The molecule has 0 spiro atoms. The van der Waals surface area contributed by atoms with Gasteiger partial charge in [-0.1, -0.05) is 0 Å². The summed E-state index contributed by atoms with van der Waals surface area (Å²) in [6, 6.07) is 0. The first-order valence-corrected chi connectivity index (χ1v) is 4.44. The van der Waals surface area contributed by atoms with Crippen LogP contribution in [0.25, 0.3) is 0 Å². The van der Waals surface area contributed by atoms with Gasteiger partial charge < -0.3 is 5.73 Å². The molecule has 7 heteroatoms. The van der Waals surface area contributed by atoms with Crippen molar-refractivity contribution < 1.29 is 15.3 Å². The SMILES string of the molecule is Cc1nc(N)sc1CCON(O)O. The summed E-state index contributed by atoms with van der Waals surface area (Å²) in [6.45, 7) is 2.02. The molecule has 0 unspecified atom stereocenters. The molecule has 0 atom stereocenters. The van der Waals surface area contributed by atoms with E-state index < -0.39 is 0 Å². The Hall–Kier alpha value is -0.730. The highest BCUT2D eigenvalue weighted by Gasteiger charge is 2.05. The third kappa shape index (κ3) is 3.25. The minimum Gasteiger partial charge on any atom is -0.375 e. The number of aromatic nitrogens is 1. The molecule has 0 bridgehead atoms. The number of rotatable bonds is 4. The minimum absolute atomic E-state index is 0.176. The van der Waals surface area contributed by atoms with Crippen molar-refractivity contribution in [1.29, 1.82) is 0 Å². The molecular formula is C6H11N3O3S. The Balaban J connectivity index is 2.40. The summed E-state index contributed by atoms with van der Waals surface area (Å²) in [5.41, 5.74) is 6.32. The van der Waals surface area contributed by atoms with Gasteiger partial charge in [0, 0.05) is 11.3 Å². The summed E-state index contributed by atoms with van der Waals surface area (Å²) in [6.07, 6.45) is 0.554. The normalized spacial score (nSPS) is 11.1. The zero-order valence-corrected chi connectivity index (χ0v) is 7.91. The number of nitrogen functional groups attached to an aromatic ring is 1. The molecule has 0 aliphatic rings. The Labute approximate surface area is 79.1 Å². The van der Waals surface area contributed by atoms with Gasteiger partial charge in [0.15, 0.2) is 5.13 Å². The van der Waals surface area contributed by atoms with Crippen LogP contribution in [-0.4, -0.2) is 27.4 Å². The maximum Gasteiger partial charge on any atom is 0.180 e. The number of hydrogen-bond donors (Lipinski definition) is 3. The third-order valence-corrected chi connectivity index (χ3v) is 2.49. The summed E-state index contributed by atoms with van der Waals surface area (Å²) in [4.78, 5) is 9.39. The van der Waals surface area contributed by atoms with Crippen molar-refractivity contribution >= 4 is 16.5 Å². The zero-order valence-electron chi connectivity index (χ0n) is 7.10. The Morgan fingerprint density at radius 2 is 2.31 bits per heavy atom. The van der Waals surface area contributed by atoms with Crippen molar-refractivity contribution in [3.8, 4) is 0 Å². The van der Waals surface area contributed by atoms with Crippen LogP contribution in [0, 0.1) is 6.92 Å². The molecule has 1 heterocycles. The van der Waals surface area contributed by atoms with Gasteiger partial charge in [-0.05, 0) is 6.92 Å². The van der Waals surface area contributed by atoms with Crippen LogP contribution in [0.3, 0.4) is 0 Å². The predicted octanol–water partition coefficient (Wildman–Crippen LogP) is 0.588. The van der Waals surface area contributed by atoms with Gasteiger partial charge >= 0.3 is 0 Å². The Kier molecular flexibility index (Phi) is 3.58. The summed E-state index contributed by atoms with van der Waals surface area (Å²) < 4.78 is 0. The lowest BCUT2D eigenvalue weighted by Crippen LogP contribution is -2.16. The Morgan fingerprint density at radius 3 is 2.77 bits per heavy atom. The van der Waals surface area contributed by atoms with Crippen LogP contribution in [0.5, 0.6) is 0 Å². The second-order valence-electron chi connectivity index (χ2n) is 2.40. The maximum absolute atomic E-state index is 8.23. The monoisotopic (exact) mass is 205 g/mol. The van der Waals surface area contributed by atoms with E-state index in [9.17, 15) is 0 Å².